The fourth-order valence-electron chi connectivity index (χ4n) is 0.204. The summed E-state index contributed by atoms with van der Waals surface area (Å²) in [5.41, 5.74) is -0.0188. The normalized spacial score (nSPS) is 15.4. The van der Waals surface area contributed by atoms with E-state index in [-0.39, 0.29) is 5.54 Å². The Morgan fingerprint density at radius 2 is 1.45 bits per heavy atom. The fourth-order valence-corrected chi connectivity index (χ4v) is 0.448. The number of allylic oxidation sites excluding steroid dienone is 1. The molecule has 0 N–H and O–H groups in total. The molecule has 66 valence electrons. The highest BCUT2D eigenvalue weighted by atomic mass is 35.5. The molecule has 7 heteroatoms. The number of halogens is 7. The molecule has 0 spiro atoms. The lowest BCUT2D eigenvalue weighted by molar-refractivity contribution is -0.261. The van der Waals surface area contributed by atoms with Gasteiger partial charge < -0.3 is 0 Å². The van der Waals surface area contributed by atoms with Gasteiger partial charge in [0, 0.05) is 5.54 Å². The van der Waals surface area contributed by atoms with Gasteiger partial charge in [0.05, 0.1) is 0 Å². The third-order valence-electron chi connectivity index (χ3n) is 0.752. The van der Waals surface area contributed by atoms with E-state index in [2.05, 4.69) is 23.2 Å². The fraction of sp³-hybridized carbons (Fsp3) is 0.500. The highest BCUT2D eigenvalue weighted by molar-refractivity contribution is 6.37. The van der Waals surface area contributed by atoms with Gasteiger partial charge in [0.15, 0.2) is 0 Å². The van der Waals surface area contributed by atoms with Gasteiger partial charge in [0.25, 0.3) is 0 Å². The highest BCUT2D eigenvalue weighted by Gasteiger charge is 2.59. The van der Waals surface area contributed by atoms with Crippen LogP contribution in [0.4, 0.5) is 22.0 Å². The second kappa shape index (κ2) is 3.15. The van der Waals surface area contributed by atoms with Gasteiger partial charge in [-0.3, -0.25) is 0 Å². The first-order chi connectivity index (χ1) is 4.73. The van der Waals surface area contributed by atoms with E-state index in [4.69, 9.17) is 0 Å². The summed E-state index contributed by atoms with van der Waals surface area (Å²) in [5, 5.41) is -1.74. The van der Waals surface area contributed by atoms with Gasteiger partial charge in [0.2, 0.25) is 0 Å². The molecule has 0 saturated heterocycles. The van der Waals surface area contributed by atoms with E-state index in [0.29, 0.717) is 0 Å². The zero-order chi connectivity index (χ0) is 9.28. The molecule has 0 aromatic heterocycles. The van der Waals surface area contributed by atoms with Gasteiger partial charge in [-0.2, -0.15) is 22.0 Å². The first-order valence-electron chi connectivity index (χ1n) is 2.14. The van der Waals surface area contributed by atoms with Gasteiger partial charge in [-0.1, -0.05) is 23.2 Å². The van der Waals surface area contributed by atoms with Crippen LogP contribution in [-0.2, 0) is 0 Å². The first kappa shape index (κ1) is 11.0. The van der Waals surface area contributed by atoms with Crippen molar-refractivity contribution < 1.29 is 22.0 Å². The number of hydrogen-bond acceptors (Lipinski definition) is 0. The van der Waals surface area contributed by atoms with Crippen molar-refractivity contribution in [2.24, 2.45) is 0 Å². The smallest absolute Gasteiger partial charge is 0.190 e. The monoisotopic (exact) mass is 214 g/mol. The Kier molecular flexibility index (Phi) is 3.14. The van der Waals surface area contributed by atoms with Crippen molar-refractivity contribution in [1.29, 1.82) is 0 Å². The molecule has 0 amide bonds. The van der Waals surface area contributed by atoms with Gasteiger partial charge >= 0.3 is 12.1 Å². The zero-order valence-corrected chi connectivity index (χ0v) is 6.23. The lowest BCUT2D eigenvalue weighted by atomic mass is 10.3. The maximum absolute atomic E-state index is 11.9. The summed E-state index contributed by atoms with van der Waals surface area (Å²) < 4.78 is 57.8. The third-order valence-corrected chi connectivity index (χ3v) is 1.43. The molecule has 0 unspecified atom stereocenters. The van der Waals surface area contributed by atoms with Crippen LogP contribution in [-0.4, -0.2) is 12.1 Å². The molecule has 0 heterocycles. The quantitative estimate of drug-likeness (QED) is 0.587. The molecule has 0 aromatic rings. The highest BCUT2D eigenvalue weighted by Crippen LogP contribution is 2.42. The van der Waals surface area contributed by atoms with Crippen molar-refractivity contribution in [2.75, 3.05) is 0 Å². The average Bonchev–Trinajstić information content (AvgIpc) is 1.83. The van der Waals surface area contributed by atoms with Crippen molar-refractivity contribution in [3.63, 3.8) is 0 Å². The molecular formula is C4HCl2F5. The molecule has 0 rings (SSSR count). The Balaban J connectivity index is 4.74. The zero-order valence-electron chi connectivity index (χ0n) is 4.72. The Morgan fingerprint density at radius 3 is 1.55 bits per heavy atom. The summed E-state index contributed by atoms with van der Waals surface area (Å²) in [7, 11) is 0. The second-order valence-corrected chi connectivity index (χ2v) is 2.15. The van der Waals surface area contributed by atoms with Gasteiger partial charge in [-0.05, 0) is 0 Å². The van der Waals surface area contributed by atoms with Crippen LogP contribution in [0.5, 0.6) is 0 Å². The summed E-state index contributed by atoms with van der Waals surface area (Å²) >= 11 is 9.07. The van der Waals surface area contributed by atoms with Crippen molar-refractivity contribution in [1.82, 2.24) is 0 Å². The van der Waals surface area contributed by atoms with Crippen molar-refractivity contribution >= 4 is 23.2 Å². The lowest BCUT2D eigenvalue weighted by Crippen LogP contribution is -2.36. The van der Waals surface area contributed by atoms with Crippen molar-refractivity contribution in [3.05, 3.63) is 10.6 Å². The molecule has 0 atom stereocenters. The number of hydrogen-bond donors (Lipinski definition) is 0. The van der Waals surface area contributed by atoms with Crippen LogP contribution in [0.15, 0.2) is 10.6 Å². The maximum Gasteiger partial charge on any atom is 0.459 e. The average molecular weight is 215 g/mol. The van der Waals surface area contributed by atoms with Crippen molar-refractivity contribution in [3.8, 4) is 0 Å². The molecule has 0 aliphatic carbocycles. The second-order valence-electron chi connectivity index (χ2n) is 1.53. The van der Waals surface area contributed by atoms with Crippen LogP contribution in [0.25, 0.3) is 0 Å². The van der Waals surface area contributed by atoms with Crippen LogP contribution in [0, 0.1) is 0 Å². The van der Waals surface area contributed by atoms with E-state index in [1.807, 2.05) is 0 Å². The van der Waals surface area contributed by atoms with Crippen LogP contribution < -0.4 is 0 Å². The molecular weight excluding hydrogens is 214 g/mol. The molecule has 0 aliphatic rings. The van der Waals surface area contributed by atoms with E-state index in [0.717, 1.165) is 0 Å². The van der Waals surface area contributed by atoms with E-state index in [1.165, 1.54) is 0 Å². The Bertz CT molecular complexity index is 170. The Hall–Kier alpha value is -0.0300. The predicted octanol–water partition coefficient (Wildman–Crippen LogP) is 3.50. The van der Waals surface area contributed by atoms with Crippen LogP contribution in [0.3, 0.4) is 0 Å². The van der Waals surface area contributed by atoms with Gasteiger partial charge in [-0.25, -0.2) is 0 Å². The minimum Gasteiger partial charge on any atom is -0.190 e. The minimum absolute atomic E-state index is 0.0188. The molecule has 0 radical (unpaired) electrons. The van der Waals surface area contributed by atoms with Crippen LogP contribution in [0.2, 0.25) is 0 Å². The van der Waals surface area contributed by atoms with E-state index in [9.17, 15) is 22.0 Å². The molecule has 0 aromatic carbocycles. The van der Waals surface area contributed by atoms with Crippen LogP contribution in [0.1, 0.15) is 0 Å². The van der Waals surface area contributed by atoms with Gasteiger partial charge in [-0.15, -0.1) is 0 Å². The molecule has 11 heavy (non-hydrogen) atoms. The summed E-state index contributed by atoms with van der Waals surface area (Å²) in [4.78, 5) is 0. The molecule has 0 nitrogen and oxygen atoms in total. The topological polar surface area (TPSA) is 0 Å². The Labute approximate surface area is 68.6 Å². The molecule has 0 saturated carbocycles. The molecule has 0 aliphatic heterocycles. The third kappa shape index (κ3) is 2.20. The van der Waals surface area contributed by atoms with Crippen LogP contribution >= 0.6 is 23.2 Å². The lowest BCUT2D eigenvalue weighted by Gasteiger charge is -2.17. The maximum atomic E-state index is 11.9. The summed E-state index contributed by atoms with van der Waals surface area (Å²) in [6, 6.07) is 0. The van der Waals surface area contributed by atoms with Gasteiger partial charge in [0.1, 0.15) is 5.03 Å². The largest absolute Gasteiger partial charge is 0.459 e. The first-order valence-corrected chi connectivity index (χ1v) is 2.96. The number of rotatable bonds is 1. The standard InChI is InChI=1S/C4HCl2F5/c5-1-2(6)3(7,8)4(9,10)11/h1H/b2-1-. The molecule has 0 fully saturated rings. The minimum atomic E-state index is -5.70. The van der Waals surface area contributed by atoms with E-state index < -0.39 is 17.1 Å². The summed E-state index contributed by atoms with van der Waals surface area (Å²) in [6.45, 7) is 0. The Morgan fingerprint density at radius 1 is 1.09 bits per heavy atom. The summed E-state index contributed by atoms with van der Waals surface area (Å²) in [5.74, 6) is -5.06. The van der Waals surface area contributed by atoms with E-state index in [1.54, 1.807) is 0 Å². The molecule has 0 bridgehead atoms. The number of alkyl halides is 5. The van der Waals surface area contributed by atoms with Crippen molar-refractivity contribution in [2.45, 2.75) is 12.1 Å². The predicted molar refractivity (Wildman–Crippen MR) is 30.8 cm³/mol. The van der Waals surface area contributed by atoms with E-state index >= 15 is 0 Å². The SMILES string of the molecule is FC(F)(F)C(F)(F)/C(Cl)=C/Cl. The summed E-state index contributed by atoms with van der Waals surface area (Å²) in [6.07, 6.45) is -5.70.